The summed E-state index contributed by atoms with van der Waals surface area (Å²) in [4.78, 5) is 25.4. The minimum absolute atomic E-state index is 0. The second kappa shape index (κ2) is 22.7. The zero-order valence-electron chi connectivity index (χ0n) is 41.3. The van der Waals surface area contributed by atoms with Crippen molar-refractivity contribution in [3.8, 4) is 11.5 Å². The molecule has 11 heteroatoms. The molecule has 0 radical (unpaired) electrons. The van der Waals surface area contributed by atoms with Crippen LogP contribution in [0.3, 0.4) is 0 Å². The molecule has 2 N–H and O–H groups in total. The van der Waals surface area contributed by atoms with Crippen LogP contribution in [0.4, 0.5) is 0 Å². The van der Waals surface area contributed by atoms with Crippen molar-refractivity contribution in [1.29, 1.82) is 0 Å². The van der Waals surface area contributed by atoms with Gasteiger partial charge in [-0.1, -0.05) is 183 Å². The monoisotopic (exact) mass is 930 g/mol. The molecule has 63 heavy (non-hydrogen) atoms. The molecule has 8 nitrogen and oxygen atoms in total. The minimum Gasteiger partial charge on any atom is -0.778 e. The van der Waals surface area contributed by atoms with Gasteiger partial charge in [0.2, 0.25) is 0 Å². The van der Waals surface area contributed by atoms with Gasteiger partial charge in [-0.15, -0.1) is 0 Å². The van der Waals surface area contributed by atoms with Gasteiger partial charge in [0, 0.05) is 25.5 Å². The molecule has 0 amide bonds. The summed E-state index contributed by atoms with van der Waals surface area (Å²) in [6, 6.07) is 23.7. The Bertz CT molecular complexity index is 2000. The van der Waals surface area contributed by atoms with Crippen LogP contribution in [0, 0.1) is 0 Å². The Kier molecular flexibility index (Phi) is 20.6. The van der Waals surface area contributed by atoms with E-state index < -0.39 is 26.5 Å². The largest absolute Gasteiger partial charge is 2.00 e. The number of phenolic OH excluding ortho intramolecular Hbond substituents is 2. The van der Waals surface area contributed by atoms with Crippen molar-refractivity contribution in [2.45, 2.75) is 168 Å². The van der Waals surface area contributed by atoms with Crippen molar-refractivity contribution in [3.05, 3.63) is 128 Å². The Morgan fingerprint density at radius 3 is 1.00 bits per heavy atom. The van der Waals surface area contributed by atoms with E-state index in [-0.39, 0.29) is 59.4 Å². The Balaban J connectivity index is 0.000000427. The van der Waals surface area contributed by atoms with Crippen molar-refractivity contribution in [2.24, 2.45) is 0 Å². The standard InChI is InChI=1S/2C26H39O4P.Ca/c2*1-9-12-23(31(28,29)30-8)20-14-11-10-13-19(20)15-18-16-21(25(2,3)4)24(27)22(17-18)26(5,6)7;/h2*10-11,13-14,16-17,23,27H,9,12,15H2,1-8H3,(H,28,29);/q;;+2/p-2. The zero-order chi connectivity index (χ0) is 47.2. The van der Waals surface area contributed by atoms with Crippen LogP contribution in [0.1, 0.15) is 190 Å². The van der Waals surface area contributed by atoms with Crippen LogP contribution < -0.4 is 9.79 Å². The van der Waals surface area contributed by atoms with Gasteiger partial charge in [0.05, 0.1) is 0 Å². The van der Waals surface area contributed by atoms with Crippen molar-refractivity contribution < 1.29 is 38.2 Å². The normalized spacial score (nSPS) is 15.3. The molecule has 0 fully saturated rings. The average molecular weight is 931 g/mol. The molecule has 4 aromatic rings. The van der Waals surface area contributed by atoms with Crippen molar-refractivity contribution in [3.63, 3.8) is 0 Å². The maximum Gasteiger partial charge on any atom is 2.00 e. The molecule has 0 bridgehead atoms. The topological polar surface area (TPSA) is 139 Å². The molecule has 0 aliphatic heterocycles. The SMILES string of the molecule is CCCC(c1ccccc1Cc1cc(C(C)(C)C)c(O)c(C(C)(C)C)c1)P(=O)([O-])OC.CCCC(c1ccccc1Cc1cc(C(C)(C)C)c(O)c(C(C)(C)C)c1)P(=O)([O-])OC.[Ca+2]. The summed E-state index contributed by atoms with van der Waals surface area (Å²) >= 11 is 0. The molecule has 4 aromatic carbocycles. The first-order valence-corrected chi connectivity index (χ1v) is 25.3. The Morgan fingerprint density at radius 2 is 0.778 bits per heavy atom. The number of hydrogen-bond donors (Lipinski definition) is 2. The van der Waals surface area contributed by atoms with Gasteiger partial charge < -0.3 is 38.2 Å². The average Bonchev–Trinajstić information content (AvgIpc) is 3.16. The zero-order valence-corrected chi connectivity index (χ0v) is 45.3. The quantitative estimate of drug-likeness (QED) is 0.0941. The van der Waals surface area contributed by atoms with E-state index in [9.17, 15) is 29.1 Å². The fourth-order valence-electron chi connectivity index (χ4n) is 8.13. The van der Waals surface area contributed by atoms with E-state index in [2.05, 4.69) is 107 Å². The van der Waals surface area contributed by atoms with E-state index in [1.165, 1.54) is 14.2 Å². The maximum atomic E-state index is 12.7. The summed E-state index contributed by atoms with van der Waals surface area (Å²) in [5, 5.41) is 22.0. The molecule has 0 heterocycles. The van der Waals surface area contributed by atoms with Gasteiger partial charge >= 0.3 is 37.7 Å². The Morgan fingerprint density at radius 1 is 0.524 bits per heavy atom. The van der Waals surface area contributed by atoms with Crippen LogP contribution in [-0.2, 0) is 52.7 Å². The molecule has 0 aliphatic rings. The van der Waals surface area contributed by atoms with Crippen molar-refractivity contribution in [1.82, 2.24) is 0 Å². The Labute approximate surface area is 410 Å². The number of benzene rings is 4. The fourth-order valence-corrected chi connectivity index (χ4v) is 11.0. The summed E-state index contributed by atoms with van der Waals surface area (Å²) in [5.41, 5.74) is 7.09. The van der Waals surface area contributed by atoms with Gasteiger partial charge in [-0.25, -0.2) is 0 Å². The molecule has 0 aliphatic carbocycles. The summed E-state index contributed by atoms with van der Waals surface area (Å²) in [6.07, 6.45) is 3.70. The van der Waals surface area contributed by atoms with Crippen LogP contribution in [0.15, 0.2) is 72.8 Å². The van der Waals surface area contributed by atoms with Gasteiger partial charge in [0.25, 0.3) is 0 Å². The van der Waals surface area contributed by atoms with Gasteiger partial charge in [-0.05, 0) is 103 Å². The van der Waals surface area contributed by atoms with Gasteiger partial charge in [0.1, 0.15) is 26.7 Å². The van der Waals surface area contributed by atoms with E-state index in [0.29, 0.717) is 37.2 Å². The van der Waals surface area contributed by atoms with Crippen LogP contribution >= 0.6 is 15.2 Å². The minimum atomic E-state index is -4.02. The molecule has 4 rings (SSSR count). The van der Waals surface area contributed by atoms with Crippen LogP contribution in [-0.4, -0.2) is 62.2 Å². The molecule has 4 unspecified atom stereocenters. The number of rotatable bonds is 14. The molecule has 0 spiro atoms. The van der Waals surface area contributed by atoms with Crippen molar-refractivity contribution >= 4 is 52.9 Å². The van der Waals surface area contributed by atoms with E-state index >= 15 is 0 Å². The van der Waals surface area contributed by atoms with E-state index in [1.54, 1.807) is 0 Å². The maximum absolute atomic E-state index is 12.7. The summed E-state index contributed by atoms with van der Waals surface area (Å²) < 4.78 is 35.2. The third-order valence-electron chi connectivity index (χ3n) is 11.6. The van der Waals surface area contributed by atoms with Crippen LogP contribution in [0.5, 0.6) is 11.5 Å². The molecule has 0 saturated carbocycles. The number of aromatic hydroxyl groups is 2. The first-order valence-electron chi connectivity index (χ1n) is 22.1. The summed E-state index contributed by atoms with van der Waals surface area (Å²) in [6.45, 7) is 29.1. The molecule has 0 aromatic heterocycles. The third kappa shape index (κ3) is 15.0. The molecule has 344 valence electrons. The van der Waals surface area contributed by atoms with Gasteiger partial charge in [-0.3, -0.25) is 0 Å². The van der Waals surface area contributed by atoms with Gasteiger partial charge in [0.15, 0.2) is 0 Å². The molecular weight excluding hydrogens is 855 g/mol. The second-order valence-electron chi connectivity index (χ2n) is 20.9. The van der Waals surface area contributed by atoms with E-state index in [4.69, 9.17) is 9.05 Å². The first kappa shape index (κ1) is 57.2. The molecule has 4 atom stereocenters. The van der Waals surface area contributed by atoms with E-state index in [0.717, 1.165) is 68.5 Å². The second-order valence-corrected chi connectivity index (χ2v) is 25.0. The first-order chi connectivity index (χ1) is 28.4. The molecule has 0 saturated heterocycles. The predicted octanol–water partition coefficient (Wildman–Crippen LogP) is 12.9. The van der Waals surface area contributed by atoms with Crippen LogP contribution in [0.25, 0.3) is 0 Å². The predicted molar refractivity (Wildman–Crippen MR) is 260 cm³/mol. The Hall–Kier alpha value is -1.96. The fraction of sp³-hybridized carbons (Fsp3) is 0.538. The summed E-state index contributed by atoms with van der Waals surface area (Å²) in [5.74, 6) is 0.702. The number of hydrogen-bond acceptors (Lipinski definition) is 8. The molecular formula is C52H76CaO8P2. The van der Waals surface area contributed by atoms with Gasteiger partial charge in [-0.2, -0.15) is 0 Å². The third-order valence-corrected chi connectivity index (χ3v) is 15.2. The van der Waals surface area contributed by atoms with Crippen molar-refractivity contribution in [2.75, 3.05) is 14.2 Å². The van der Waals surface area contributed by atoms with Crippen LogP contribution in [0.2, 0.25) is 0 Å². The summed E-state index contributed by atoms with van der Waals surface area (Å²) in [7, 11) is -5.57. The van der Waals surface area contributed by atoms with E-state index in [1.807, 2.05) is 62.4 Å². The smallest absolute Gasteiger partial charge is 0.778 e. The number of phenols is 2.